The van der Waals surface area contributed by atoms with Crippen LogP contribution in [0.15, 0.2) is 83.9 Å². The van der Waals surface area contributed by atoms with Gasteiger partial charge in [-0.05, 0) is 17.2 Å². The number of amidine groups is 1. The Balaban J connectivity index is 1.61. The monoisotopic (exact) mass is 394 g/mol. The van der Waals surface area contributed by atoms with Crippen LogP contribution in [0.5, 0.6) is 0 Å². The van der Waals surface area contributed by atoms with Crippen LogP contribution in [0.4, 0.5) is 0 Å². The first-order valence-corrected chi connectivity index (χ1v) is 10.2. The van der Waals surface area contributed by atoms with E-state index in [-0.39, 0.29) is 17.9 Å². The number of hydrogen-bond donors (Lipinski definition) is 0. The fourth-order valence-electron chi connectivity index (χ4n) is 3.20. The molecule has 2 aromatic rings. The predicted octanol–water partition coefficient (Wildman–Crippen LogP) is 5.08. The second-order valence-corrected chi connectivity index (χ2v) is 7.84. The average Bonchev–Trinajstić information content (AvgIpc) is 2.71. The van der Waals surface area contributed by atoms with Gasteiger partial charge in [0, 0.05) is 10.8 Å². The Hall–Kier alpha value is -2.30. The van der Waals surface area contributed by atoms with Crippen molar-refractivity contribution in [1.29, 1.82) is 0 Å². The fraction of sp³-hybridized carbons (Fsp3) is 0.182. The highest BCUT2D eigenvalue weighted by Gasteiger charge is 2.36. The van der Waals surface area contributed by atoms with Gasteiger partial charge >= 0.3 is 0 Å². The number of halogens is 1. The standard InChI is InChI=1S/C22H19ClN2OS/c23-19-12-6-4-10-17(19)15-27-22-24-20-13-7-5-11-18(20)21(26)25(22)14-16-8-2-1-3-9-16/h1-13,18,20H,14-15H2/t18-,20+/m0/s1. The molecule has 1 aliphatic heterocycles. The molecule has 0 N–H and O–H groups in total. The van der Waals surface area contributed by atoms with Crippen molar-refractivity contribution in [2.45, 2.75) is 18.3 Å². The minimum absolute atomic E-state index is 0.0983. The molecule has 2 aromatic carbocycles. The SMILES string of the molecule is O=C1[C@H]2C=CC=C[C@H]2N=C(SCc2ccccc2Cl)N1Cc1ccccc1. The molecule has 1 heterocycles. The van der Waals surface area contributed by atoms with Gasteiger partial charge in [-0.1, -0.05) is 96.2 Å². The Morgan fingerprint density at radius 1 is 1.00 bits per heavy atom. The maximum atomic E-state index is 13.2. The largest absolute Gasteiger partial charge is 0.286 e. The van der Waals surface area contributed by atoms with E-state index in [1.807, 2.05) is 83.8 Å². The Bertz CT molecular complexity index is 923. The number of benzene rings is 2. The molecule has 0 spiro atoms. The van der Waals surface area contributed by atoms with E-state index in [2.05, 4.69) is 0 Å². The first-order valence-electron chi connectivity index (χ1n) is 8.86. The summed E-state index contributed by atoms with van der Waals surface area (Å²) in [5, 5.41) is 1.49. The van der Waals surface area contributed by atoms with E-state index >= 15 is 0 Å². The number of thioether (sulfide) groups is 1. The highest BCUT2D eigenvalue weighted by atomic mass is 35.5. The molecule has 2 aliphatic rings. The summed E-state index contributed by atoms with van der Waals surface area (Å²) in [4.78, 5) is 19.9. The van der Waals surface area contributed by atoms with E-state index in [9.17, 15) is 4.79 Å². The number of nitrogens with zero attached hydrogens (tertiary/aromatic N) is 2. The van der Waals surface area contributed by atoms with Gasteiger partial charge in [-0.3, -0.25) is 14.7 Å². The lowest BCUT2D eigenvalue weighted by atomic mass is 9.93. The van der Waals surface area contributed by atoms with Crippen LogP contribution in [0.2, 0.25) is 5.02 Å². The third-order valence-electron chi connectivity index (χ3n) is 4.65. The average molecular weight is 395 g/mol. The molecule has 0 saturated carbocycles. The molecular weight excluding hydrogens is 376 g/mol. The first-order chi connectivity index (χ1) is 13.2. The van der Waals surface area contributed by atoms with Crippen molar-refractivity contribution in [3.8, 4) is 0 Å². The molecule has 3 nitrogen and oxygen atoms in total. The summed E-state index contributed by atoms with van der Waals surface area (Å²) in [6, 6.07) is 17.7. The summed E-state index contributed by atoms with van der Waals surface area (Å²) in [6.45, 7) is 0.523. The van der Waals surface area contributed by atoms with Gasteiger partial charge < -0.3 is 0 Å². The van der Waals surface area contributed by atoms with Gasteiger partial charge in [0.1, 0.15) is 0 Å². The summed E-state index contributed by atoms with van der Waals surface area (Å²) in [5.74, 6) is 0.554. The normalized spacial score (nSPS) is 21.1. The number of rotatable bonds is 4. The number of carbonyl (C=O) groups is 1. The second-order valence-electron chi connectivity index (χ2n) is 6.49. The van der Waals surface area contributed by atoms with Gasteiger partial charge in [0.25, 0.3) is 0 Å². The van der Waals surface area contributed by atoms with Crippen molar-refractivity contribution in [2.75, 3.05) is 0 Å². The van der Waals surface area contributed by atoms with Crippen LogP contribution in [-0.4, -0.2) is 22.0 Å². The number of hydrogen-bond acceptors (Lipinski definition) is 3. The molecule has 136 valence electrons. The number of carbonyl (C=O) groups excluding carboxylic acids is 1. The summed E-state index contributed by atoms with van der Waals surface area (Å²) in [7, 11) is 0. The van der Waals surface area contributed by atoms with Crippen molar-refractivity contribution in [3.05, 3.63) is 95.1 Å². The van der Waals surface area contributed by atoms with E-state index in [0.29, 0.717) is 12.3 Å². The van der Waals surface area contributed by atoms with Gasteiger partial charge in [-0.2, -0.15) is 0 Å². The Morgan fingerprint density at radius 3 is 2.56 bits per heavy atom. The Morgan fingerprint density at radius 2 is 1.74 bits per heavy atom. The van der Waals surface area contributed by atoms with Crippen LogP contribution in [-0.2, 0) is 17.1 Å². The zero-order valence-electron chi connectivity index (χ0n) is 14.7. The van der Waals surface area contributed by atoms with Crippen molar-refractivity contribution in [3.63, 3.8) is 0 Å². The number of fused-ring (bicyclic) bond motifs is 1. The minimum Gasteiger partial charge on any atom is -0.286 e. The third kappa shape index (κ3) is 4.02. The molecule has 0 bridgehead atoms. The van der Waals surface area contributed by atoms with Gasteiger partial charge in [0.15, 0.2) is 5.17 Å². The zero-order valence-corrected chi connectivity index (χ0v) is 16.2. The molecule has 0 unspecified atom stereocenters. The highest BCUT2D eigenvalue weighted by molar-refractivity contribution is 8.13. The van der Waals surface area contributed by atoms with E-state index in [1.54, 1.807) is 11.8 Å². The maximum Gasteiger partial charge on any atom is 0.238 e. The van der Waals surface area contributed by atoms with Gasteiger partial charge in [0.05, 0.1) is 18.5 Å². The lowest BCUT2D eigenvalue weighted by molar-refractivity contribution is -0.131. The van der Waals surface area contributed by atoms with Crippen molar-refractivity contribution < 1.29 is 4.79 Å². The van der Waals surface area contributed by atoms with Crippen molar-refractivity contribution >= 4 is 34.4 Å². The molecule has 0 aromatic heterocycles. The maximum absolute atomic E-state index is 13.2. The molecule has 27 heavy (non-hydrogen) atoms. The van der Waals surface area contributed by atoms with E-state index < -0.39 is 0 Å². The molecule has 4 rings (SSSR count). The van der Waals surface area contributed by atoms with Gasteiger partial charge in [-0.15, -0.1) is 0 Å². The molecule has 0 saturated heterocycles. The predicted molar refractivity (Wildman–Crippen MR) is 113 cm³/mol. The number of amides is 1. The van der Waals surface area contributed by atoms with Crippen LogP contribution in [0.1, 0.15) is 11.1 Å². The summed E-state index contributed by atoms with van der Waals surface area (Å²) in [5.41, 5.74) is 2.13. The van der Waals surface area contributed by atoms with Crippen LogP contribution < -0.4 is 0 Å². The van der Waals surface area contributed by atoms with Crippen LogP contribution in [0, 0.1) is 5.92 Å². The van der Waals surface area contributed by atoms with Crippen LogP contribution in [0.3, 0.4) is 0 Å². The molecule has 0 radical (unpaired) electrons. The molecule has 5 heteroatoms. The summed E-state index contributed by atoms with van der Waals surface area (Å²) >= 11 is 7.86. The summed E-state index contributed by atoms with van der Waals surface area (Å²) in [6.07, 6.45) is 7.83. The molecule has 2 atom stereocenters. The highest BCUT2D eigenvalue weighted by Crippen LogP contribution is 2.31. The lowest BCUT2D eigenvalue weighted by Gasteiger charge is -2.35. The summed E-state index contributed by atoms with van der Waals surface area (Å²) < 4.78 is 0. The molecule has 1 aliphatic carbocycles. The molecular formula is C22H19ClN2OS. The minimum atomic E-state index is -0.219. The van der Waals surface area contributed by atoms with Crippen molar-refractivity contribution in [1.82, 2.24) is 4.90 Å². The topological polar surface area (TPSA) is 32.7 Å². The number of allylic oxidation sites excluding steroid dienone is 2. The quantitative estimate of drug-likeness (QED) is 0.724. The number of aliphatic imine (C=N–C) groups is 1. The molecule has 0 fully saturated rings. The second kappa shape index (κ2) is 8.15. The first kappa shape index (κ1) is 18.1. The fourth-order valence-corrected chi connectivity index (χ4v) is 4.53. The lowest BCUT2D eigenvalue weighted by Crippen LogP contribution is -2.46. The van der Waals surface area contributed by atoms with Crippen LogP contribution in [0.25, 0.3) is 0 Å². The van der Waals surface area contributed by atoms with Crippen molar-refractivity contribution in [2.24, 2.45) is 10.9 Å². The molecule has 1 amide bonds. The third-order valence-corrected chi connectivity index (χ3v) is 6.05. The van der Waals surface area contributed by atoms with E-state index in [4.69, 9.17) is 16.6 Å². The van der Waals surface area contributed by atoms with E-state index in [1.165, 1.54) is 0 Å². The zero-order chi connectivity index (χ0) is 18.6. The van der Waals surface area contributed by atoms with Gasteiger partial charge in [0.2, 0.25) is 5.91 Å². The Labute approximate surface area is 168 Å². The smallest absolute Gasteiger partial charge is 0.238 e. The van der Waals surface area contributed by atoms with Crippen LogP contribution >= 0.6 is 23.4 Å². The Kier molecular flexibility index (Phi) is 5.46. The van der Waals surface area contributed by atoms with Gasteiger partial charge in [-0.25, -0.2) is 0 Å². The van der Waals surface area contributed by atoms with E-state index in [0.717, 1.165) is 21.3 Å².